The number of methoxy groups -OCH3 is 1. The number of carbonyl (C=O) groups is 1. The summed E-state index contributed by atoms with van der Waals surface area (Å²) < 4.78 is 6.55. The van der Waals surface area contributed by atoms with E-state index in [1.807, 2.05) is 29.0 Å². The van der Waals surface area contributed by atoms with Gasteiger partial charge in [0, 0.05) is 23.6 Å². The van der Waals surface area contributed by atoms with Gasteiger partial charge in [-0.1, -0.05) is 6.07 Å². The Bertz CT molecular complexity index is 593. The second-order valence-corrected chi connectivity index (χ2v) is 3.69. The van der Waals surface area contributed by atoms with Gasteiger partial charge in [0.15, 0.2) is 0 Å². The number of aromatic nitrogens is 1. The van der Waals surface area contributed by atoms with E-state index in [9.17, 15) is 4.79 Å². The van der Waals surface area contributed by atoms with Gasteiger partial charge in [-0.15, -0.1) is 0 Å². The normalized spacial score (nSPS) is 10.1. The van der Waals surface area contributed by atoms with Gasteiger partial charge < -0.3 is 9.30 Å². The summed E-state index contributed by atoms with van der Waals surface area (Å²) in [6, 6.07) is 9.61. The Kier molecular flexibility index (Phi) is 3.10. The molecule has 1 aromatic heterocycles. The van der Waals surface area contributed by atoms with Crippen LogP contribution in [0.4, 0.5) is 0 Å². The number of hydrogen-bond acceptors (Lipinski definition) is 3. The maximum absolute atomic E-state index is 11.1. The molecule has 1 heterocycles. The van der Waals surface area contributed by atoms with Gasteiger partial charge in [0.1, 0.15) is 0 Å². The molecule has 0 saturated carbocycles. The molecule has 4 nitrogen and oxygen atoms in total. The maximum atomic E-state index is 11.1. The SMILES string of the molecule is COC(=O)CCn1ccc2c(C#N)cccc21. The summed E-state index contributed by atoms with van der Waals surface area (Å²) in [6.45, 7) is 0.561. The molecule has 2 aromatic rings. The summed E-state index contributed by atoms with van der Waals surface area (Å²) in [4.78, 5) is 11.1. The average molecular weight is 228 g/mol. The molecule has 4 heteroatoms. The van der Waals surface area contributed by atoms with Crippen molar-refractivity contribution in [3.63, 3.8) is 0 Å². The van der Waals surface area contributed by atoms with Crippen molar-refractivity contribution in [2.24, 2.45) is 0 Å². The van der Waals surface area contributed by atoms with Crippen LogP contribution in [0, 0.1) is 11.3 Å². The zero-order valence-corrected chi connectivity index (χ0v) is 9.51. The lowest BCUT2D eigenvalue weighted by Crippen LogP contribution is -2.06. The standard InChI is InChI=1S/C13H12N2O2/c1-17-13(16)6-8-15-7-5-11-10(9-14)3-2-4-12(11)15/h2-5,7H,6,8H2,1H3. The van der Waals surface area contributed by atoms with Gasteiger partial charge in [-0.2, -0.15) is 5.26 Å². The van der Waals surface area contributed by atoms with Crippen molar-refractivity contribution in [3.05, 3.63) is 36.0 Å². The first-order valence-electron chi connectivity index (χ1n) is 5.31. The van der Waals surface area contributed by atoms with Crippen molar-refractivity contribution in [1.82, 2.24) is 4.57 Å². The lowest BCUT2D eigenvalue weighted by molar-refractivity contribution is -0.140. The third-order valence-corrected chi connectivity index (χ3v) is 2.72. The molecule has 86 valence electrons. The highest BCUT2D eigenvalue weighted by molar-refractivity contribution is 5.86. The third kappa shape index (κ3) is 2.13. The number of nitrogens with zero attached hydrogens (tertiary/aromatic N) is 2. The van der Waals surface area contributed by atoms with Gasteiger partial charge in [-0.05, 0) is 18.2 Å². The Morgan fingerprint density at radius 2 is 2.29 bits per heavy atom. The first-order valence-corrected chi connectivity index (χ1v) is 5.31. The molecular formula is C13H12N2O2. The van der Waals surface area contributed by atoms with E-state index >= 15 is 0 Å². The Labute approximate surface area is 99.0 Å². The van der Waals surface area contributed by atoms with Crippen LogP contribution in [0.5, 0.6) is 0 Å². The minimum Gasteiger partial charge on any atom is -0.469 e. The van der Waals surface area contributed by atoms with E-state index < -0.39 is 0 Å². The highest BCUT2D eigenvalue weighted by Crippen LogP contribution is 2.19. The van der Waals surface area contributed by atoms with Crippen LogP contribution in [0.25, 0.3) is 10.9 Å². The molecule has 0 amide bonds. The summed E-state index contributed by atoms with van der Waals surface area (Å²) in [6.07, 6.45) is 2.21. The fraction of sp³-hybridized carbons (Fsp3) is 0.231. The van der Waals surface area contributed by atoms with Crippen LogP contribution in [-0.2, 0) is 16.1 Å². The Hall–Kier alpha value is -2.28. The van der Waals surface area contributed by atoms with Crippen LogP contribution in [0.3, 0.4) is 0 Å². The molecule has 0 fully saturated rings. The Balaban J connectivity index is 2.31. The number of carbonyl (C=O) groups excluding carboxylic acids is 1. The number of benzene rings is 1. The number of hydrogen-bond donors (Lipinski definition) is 0. The number of ether oxygens (including phenoxy) is 1. The molecule has 0 saturated heterocycles. The van der Waals surface area contributed by atoms with E-state index in [2.05, 4.69) is 10.8 Å². The second-order valence-electron chi connectivity index (χ2n) is 3.69. The largest absolute Gasteiger partial charge is 0.469 e. The molecule has 0 N–H and O–H groups in total. The molecule has 0 spiro atoms. The monoisotopic (exact) mass is 228 g/mol. The van der Waals surface area contributed by atoms with Crippen molar-refractivity contribution in [1.29, 1.82) is 5.26 Å². The van der Waals surface area contributed by atoms with Gasteiger partial charge in [-0.3, -0.25) is 4.79 Å². The summed E-state index contributed by atoms with van der Waals surface area (Å²) in [7, 11) is 1.38. The Morgan fingerprint density at radius 1 is 1.47 bits per heavy atom. The molecule has 0 unspecified atom stereocenters. The van der Waals surface area contributed by atoms with Crippen molar-refractivity contribution >= 4 is 16.9 Å². The predicted molar refractivity (Wildman–Crippen MR) is 63.3 cm³/mol. The zero-order valence-electron chi connectivity index (χ0n) is 9.51. The number of esters is 1. The first kappa shape index (κ1) is 11.2. The lowest BCUT2D eigenvalue weighted by Gasteiger charge is -2.04. The molecule has 1 aromatic carbocycles. The minimum absolute atomic E-state index is 0.233. The molecule has 0 aliphatic rings. The molecule has 17 heavy (non-hydrogen) atoms. The van der Waals surface area contributed by atoms with Crippen LogP contribution < -0.4 is 0 Å². The van der Waals surface area contributed by atoms with Crippen LogP contribution in [-0.4, -0.2) is 17.6 Å². The fourth-order valence-corrected chi connectivity index (χ4v) is 1.83. The fourth-order valence-electron chi connectivity index (χ4n) is 1.83. The summed E-state index contributed by atoms with van der Waals surface area (Å²) in [5, 5.41) is 9.88. The van der Waals surface area contributed by atoms with Crippen molar-refractivity contribution in [3.8, 4) is 6.07 Å². The predicted octanol–water partition coefficient (Wildman–Crippen LogP) is 2.08. The molecule has 0 atom stereocenters. The van der Waals surface area contributed by atoms with Crippen LogP contribution >= 0.6 is 0 Å². The van der Waals surface area contributed by atoms with Crippen molar-refractivity contribution in [2.75, 3.05) is 7.11 Å². The van der Waals surface area contributed by atoms with E-state index in [1.54, 1.807) is 6.07 Å². The summed E-state index contributed by atoms with van der Waals surface area (Å²) in [5.41, 5.74) is 1.62. The molecule has 2 rings (SSSR count). The van der Waals surface area contributed by atoms with Crippen LogP contribution in [0.15, 0.2) is 30.5 Å². The van der Waals surface area contributed by atoms with Crippen molar-refractivity contribution < 1.29 is 9.53 Å². The smallest absolute Gasteiger partial charge is 0.307 e. The van der Waals surface area contributed by atoms with Crippen LogP contribution in [0.1, 0.15) is 12.0 Å². The molecule has 0 radical (unpaired) electrons. The van der Waals surface area contributed by atoms with Gasteiger partial charge >= 0.3 is 5.97 Å². The average Bonchev–Trinajstić information content (AvgIpc) is 2.78. The second kappa shape index (κ2) is 4.71. The quantitative estimate of drug-likeness (QED) is 0.756. The third-order valence-electron chi connectivity index (χ3n) is 2.72. The summed E-state index contributed by atoms with van der Waals surface area (Å²) >= 11 is 0. The number of nitriles is 1. The molecule has 0 aliphatic heterocycles. The van der Waals surface area contributed by atoms with E-state index in [4.69, 9.17) is 5.26 Å². The van der Waals surface area contributed by atoms with Gasteiger partial charge in [0.2, 0.25) is 0 Å². The number of fused-ring (bicyclic) bond motifs is 1. The number of rotatable bonds is 3. The number of aryl methyl sites for hydroxylation is 1. The Morgan fingerprint density at radius 3 is 3.00 bits per heavy atom. The van der Waals surface area contributed by atoms with E-state index in [-0.39, 0.29) is 5.97 Å². The maximum Gasteiger partial charge on any atom is 0.307 e. The van der Waals surface area contributed by atoms with Gasteiger partial charge in [0.05, 0.1) is 25.2 Å². The van der Waals surface area contributed by atoms with Crippen molar-refractivity contribution in [2.45, 2.75) is 13.0 Å². The topological polar surface area (TPSA) is 55.0 Å². The molecule has 0 aliphatic carbocycles. The summed E-state index contributed by atoms with van der Waals surface area (Å²) in [5.74, 6) is -0.233. The highest BCUT2D eigenvalue weighted by atomic mass is 16.5. The first-order chi connectivity index (χ1) is 8.26. The molecular weight excluding hydrogens is 216 g/mol. The van der Waals surface area contributed by atoms with Gasteiger partial charge in [-0.25, -0.2) is 0 Å². The van der Waals surface area contributed by atoms with E-state index in [0.717, 1.165) is 10.9 Å². The lowest BCUT2D eigenvalue weighted by atomic mass is 10.1. The zero-order chi connectivity index (χ0) is 12.3. The van der Waals surface area contributed by atoms with Crippen LogP contribution in [0.2, 0.25) is 0 Å². The highest BCUT2D eigenvalue weighted by Gasteiger charge is 2.06. The van der Waals surface area contributed by atoms with Gasteiger partial charge in [0.25, 0.3) is 0 Å². The minimum atomic E-state index is -0.233. The van der Waals surface area contributed by atoms with E-state index in [1.165, 1.54) is 7.11 Å². The van der Waals surface area contributed by atoms with E-state index in [0.29, 0.717) is 18.5 Å². The molecule has 0 bridgehead atoms.